The smallest absolute Gasteiger partial charge is 0.293 e. The van der Waals surface area contributed by atoms with Crippen LogP contribution in [0, 0.1) is 5.92 Å². The Kier molecular flexibility index (Phi) is 3.48. The molecule has 1 aliphatic rings. The minimum Gasteiger partial charge on any atom is -0.293 e. The summed E-state index contributed by atoms with van der Waals surface area (Å²) in [6.07, 6.45) is -0.0335. The number of hydrogen-bond donors (Lipinski definition) is 0. The summed E-state index contributed by atoms with van der Waals surface area (Å²) in [6, 6.07) is 0. The van der Waals surface area contributed by atoms with E-state index < -0.39 is 28.0 Å². The van der Waals surface area contributed by atoms with E-state index >= 15 is 0 Å². The van der Waals surface area contributed by atoms with Crippen LogP contribution >= 0.6 is 0 Å². The fraction of sp³-hybridized carbons (Fsp3) is 0.889. The lowest BCUT2D eigenvalue weighted by Gasteiger charge is -2.24. The molecule has 0 bridgehead atoms. The predicted octanol–water partition coefficient (Wildman–Crippen LogP) is 1.43. The van der Waals surface area contributed by atoms with Crippen molar-refractivity contribution in [1.82, 2.24) is 0 Å². The molecule has 1 rings (SSSR count). The van der Waals surface area contributed by atoms with Crippen LogP contribution in [0.1, 0.15) is 26.2 Å². The standard InChI is InChI=1S/C9H14F2O3S/c1-7(12)9(10,11)6-8-2-4-15(13,14)5-3-8/h8H,2-6H2,1H3. The molecule has 1 heterocycles. The molecule has 0 aromatic carbocycles. The second-order valence-electron chi connectivity index (χ2n) is 4.06. The summed E-state index contributed by atoms with van der Waals surface area (Å²) in [4.78, 5) is 10.6. The van der Waals surface area contributed by atoms with Gasteiger partial charge in [-0.2, -0.15) is 8.78 Å². The van der Waals surface area contributed by atoms with Gasteiger partial charge in [0.05, 0.1) is 11.5 Å². The van der Waals surface area contributed by atoms with Crippen LogP contribution in [-0.4, -0.2) is 31.6 Å². The lowest BCUT2D eigenvalue weighted by Crippen LogP contribution is -2.33. The zero-order chi connectivity index (χ0) is 11.7. The minimum absolute atomic E-state index is 0.0361. The van der Waals surface area contributed by atoms with E-state index in [2.05, 4.69) is 0 Å². The van der Waals surface area contributed by atoms with Gasteiger partial charge in [-0.15, -0.1) is 0 Å². The number of carbonyl (C=O) groups excluding carboxylic acids is 1. The lowest BCUT2D eigenvalue weighted by molar-refractivity contribution is -0.143. The van der Waals surface area contributed by atoms with Crippen molar-refractivity contribution in [3.8, 4) is 0 Å². The van der Waals surface area contributed by atoms with Crippen LogP contribution in [0.15, 0.2) is 0 Å². The third-order valence-electron chi connectivity index (χ3n) is 2.73. The maximum atomic E-state index is 13.0. The average Bonchev–Trinajstić information content (AvgIpc) is 2.08. The normalized spacial score (nSPS) is 22.6. The third-order valence-corrected chi connectivity index (χ3v) is 4.45. The Balaban J connectivity index is 2.53. The molecule has 0 aliphatic carbocycles. The number of halogens is 2. The van der Waals surface area contributed by atoms with E-state index in [0.717, 1.165) is 6.92 Å². The van der Waals surface area contributed by atoms with E-state index in [9.17, 15) is 22.0 Å². The van der Waals surface area contributed by atoms with Crippen LogP contribution in [0.25, 0.3) is 0 Å². The second-order valence-corrected chi connectivity index (χ2v) is 6.36. The summed E-state index contributed by atoms with van der Waals surface area (Å²) in [6.45, 7) is 0.861. The van der Waals surface area contributed by atoms with E-state index in [1.54, 1.807) is 0 Å². The molecular weight excluding hydrogens is 226 g/mol. The number of Topliss-reactive ketones (excluding diaryl/α,β-unsaturated/α-hetero) is 1. The monoisotopic (exact) mass is 240 g/mol. The van der Waals surface area contributed by atoms with E-state index in [1.165, 1.54) is 0 Å². The van der Waals surface area contributed by atoms with Crippen LogP contribution in [0.5, 0.6) is 0 Å². The van der Waals surface area contributed by atoms with Gasteiger partial charge in [0, 0.05) is 13.3 Å². The molecule has 15 heavy (non-hydrogen) atoms. The topological polar surface area (TPSA) is 51.2 Å². The zero-order valence-corrected chi connectivity index (χ0v) is 9.32. The SMILES string of the molecule is CC(=O)C(F)(F)CC1CCS(=O)(=O)CC1. The summed E-state index contributed by atoms with van der Waals surface area (Å²) in [5.74, 6) is -4.87. The Morgan fingerprint density at radius 2 is 1.80 bits per heavy atom. The molecule has 0 unspecified atom stereocenters. The highest BCUT2D eigenvalue weighted by Gasteiger charge is 2.39. The molecule has 0 N–H and O–H groups in total. The fourth-order valence-corrected chi connectivity index (χ4v) is 3.24. The van der Waals surface area contributed by atoms with E-state index in [4.69, 9.17) is 0 Å². The summed E-state index contributed by atoms with van der Waals surface area (Å²) in [5, 5.41) is 0. The van der Waals surface area contributed by atoms with Gasteiger partial charge in [0.15, 0.2) is 5.78 Å². The lowest BCUT2D eigenvalue weighted by atomic mass is 9.94. The highest BCUT2D eigenvalue weighted by molar-refractivity contribution is 7.91. The largest absolute Gasteiger partial charge is 0.305 e. The summed E-state index contributed by atoms with van der Waals surface area (Å²) in [5.41, 5.74) is 0. The first-order chi connectivity index (χ1) is 6.73. The molecule has 0 atom stereocenters. The van der Waals surface area contributed by atoms with Gasteiger partial charge >= 0.3 is 5.92 Å². The number of hydrogen-bond acceptors (Lipinski definition) is 3. The van der Waals surface area contributed by atoms with Gasteiger partial charge in [0.25, 0.3) is 0 Å². The zero-order valence-electron chi connectivity index (χ0n) is 8.50. The maximum Gasteiger partial charge on any atom is 0.305 e. The Bertz CT molecular complexity index is 334. The van der Waals surface area contributed by atoms with Crippen molar-refractivity contribution >= 4 is 15.6 Å². The number of ketones is 1. The Hall–Kier alpha value is -0.520. The maximum absolute atomic E-state index is 13.0. The Labute approximate surface area is 87.8 Å². The fourth-order valence-electron chi connectivity index (χ4n) is 1.65. The van der Waals surface area contributed by atoms with Crippen LogP contribution in [0.4, 0.5) is 8.78 Å². The van der Waals surface area contributed by atoms with Crippen molar-refractivity contribution in [2.24, 2.45) is 5.92 Å². The van der Waals surface area contributed by atoms with E-state index in [-0.39, 0.29) is 30.3 Å². The number of sulfone groups is 1. The van der Waals surface area contributed by atoms with Crippen LogP contribution in [0.3, 0.4) is 0 Å². The van der Waals surface area contributed by atoms with E-state index in [0.29, 0.717) is 0 Å². The molecule has 0 saturated carbocycles. The summed E-state index contributed by atoms with van der Waals surface area (Å²) in [7, 11) is -3.02. The van der Waals surface area contributed by atoms with Crippen LogP contribution in [-0.2, 0) is 14.6 Å². The van der Waals surface area contributed by atoms with Gasteiger partial charge in [-0.05, 0) is 18.8 Å². The number of carbonyl (C=O) groups is 1. The van der Waals surface area contributed by atoms with Crippen molar-refractivity contribution in [1.29, 1.82) is 0 Å². The highest BCUT2D eigenvalue weighted by Crippen LogP contribution is 2.31. The van der Waals surface area contributed by atoms with Crippen LogP contribution < -0.4 is 0 Å². The Morgan fingerprint density at radius 3 is 2.20 bits per heavy atom. The molecule has 88 valence electrons. The van der Waals surface area contributed by atoms with Gasteiger partial charge in [-0.3, -0.25) is 4.79 Å². The predicted molar refractivity (Wildman–Crippen MR) is 51.6 cm³/mol. The molecule has 0 spiro atoms. The van der Waals surface area contributed by atoms with Crippen molar-refractivity contribution in [3.63, 3.8) is 0 Å². The molecule has 0 aromatic heterocycles. The van der Waals surface area contributed by atoms with Gasteiger partial charge in [0.1, 0.15) is 9.84 Å². The first-order valence-electron chi connectivity index (χ1n) is 4.82. The van der Waals surface area contributed by atoms with Crippen molar-refractivity contribution in [2.45, 2.75) is 32.1 Å². The quantitative estimate of drug-likeness (QED) is 0.749. The van der Waals surface area contributed by atoms with Gasteiger partial charge in [-0.25, -0.2) is 8.42 Å². The van der Waals surface area contributed by atoms with Gasteiger partial charge < -0.3 is 0 Å². The molecule has 6 heteroatoms. The van der Waals surface area contributed by atoms with Crippen LogP contribution in [0.2, 0.25) is 0 Å². The van der Waals surface area contributed by atoms with Crippen molar-refractivity contribution in [2.75, 3.05) is 11.5 Å². The summed E-state index contributed by atoms with van der Waals surface area (Å²) >= 11 is 0. The van der Waals surface area contributed by atoms with E-state index in [1.807, 2.05) is 0 Å². The molecule has 1 saturated heterocycles. The molecule has 0 amide bonds. The minimum atomic E-state index is -3.30. The number of alkyl halides is 2. The molecule has 0 radical (unpaired) electrons. The average molecular weight is 240 g/mol. The molecule has 0 aromatic rings. The molecule has 1 aliphatic heterocycles. The highest BCUT2D eigenvalue weighted by atomic mass is 32.2. The Morgan fingerprint density at radius 1 is 1.33 bits per heavy atom. The second kappa shape index (κ2) is 4.15. The first kappa shape index (κ1) is 12.5. The molecular formula is C9H14F2O3S. The molecule has 1 fully saturated rings. The summed E-state index contributed by atoms with van der Waals surface area (Å²) < 4.78 is 48.1. The number of rotatable bonds is 3. The molecule has 3 nitrogen and oxygen atoms in total. The third kappa shape index (κ3) is 3.52. The van der Waals surface area contributed by atoms with Gasteiger partial charge in [-0.1, -0.05) is 0 Å². The van der Waals surface area contributed by atoms with Crippen molar-refractivity contribution in [3.05, 3.63) is 0 Å². The first-order valence-corrected chi connectivity index (χ1v) is 6.64. The van der Waals surface area contributed by atoms with Gasteiger partial charge in [0.2, 0.25) is 0 Å². The van der Waals surface area contributed by atoms with Crippen molar-refractivity contribution < 1.29 is 22.0 Å².